The number of aryl methyl sites for hydroxylation is 1. The maximum atomic E-state index is 12.5. The van der Waals surface area contributed by atoms with Crippen LogP contribution in [0.1, 0.15) is 18.1 Å². The second-order valence-electron chi connectivity index (χ2n) is 6.24. The Morgan fingerprint density at radius 1 is 1.21 bits per heavy atom. The fourth-order valence-corrected chi connectivity index (χ4v) is 3.75. The predicted octanol–water partition coefficient (Wildman–Crippen LogP) is 4.90. The molecule has 0 saturated heterocycles. The van der Waals surface area contributed by atoms with Crippen LogP contribution in [0.5, 0.6) is 11.5 Å². The van der Waals surface area contributed by atoms with E-state index in [1.807, 2.05) is 31.2 Å². The zero-order chi connectivity index (χ0) is 21.0. The van der Waals surface area contributed by atoms with E-state index in [-0.39, 0.29) is 23.7 Å². The number of benzene rings is 2. The van der Waals surface area contributed by atoms with E-state index in [1.165, 1.54) is 13.2 Å². The first-order valence-electron chi connectivity index (χ1n) is 8.96. The lowest BCUT2D eigenvalue weighted by atomic mass is 10.1. The molecule has 1 aliphatic heterocycles. The minimum Gasteiger partial charge on any atom is -0.507 e. The van der Waals surface area contributed by atoms with Gasteiger partial charge >= 0.3 is 5.97 Å². The lowest BCUT2D eigenvalue weighted by molar-refractivity contribution is -0.138. The Hall–Kier alpha value is -3.19. The average Bonchev–Trinajstić information content (AvgIpc) is 2.98. The van der Waals surface area contributed by atoms with Gasteiger partial charge < -0.3 is 19.7 Å². The Bertz CT molecular complexity index is 1040. The monoisotopic (exact) mass is 411 g/mol. The summed E-state index contributed by atoms with van der Waals surface area (Å²) in [7, 11) is 1.52. The maximum Gasteiger partial charge on any atom is 0.344 e. The van der Waals surface area contributed by atoms with Gasteiger partial charge in [-0.3, -0.25) is 0 Å². The molecule has 2 N–H and O–H groups in total. The van der Waals surface area contributed by atoms with Crippen LogP contribution in [-0.2, 0) is 9.53 Å². The van der Waals surface area contributed by atoms with Crippen molar-refractivity contribution in [3.8, 4) is 11.5 Å². The molecule has 3 rings (SSSR count). The fourth-order valence-electron chi connectivity index (χ4n) is 2.72. The number of thioether (sulfide) groups is 1. The minimum atomic E-state index is -0.651. The van der Waals surface area contributed by atoms with Crippen LogP contribution in [0.4, 0.5) is 5.69 Å². The number of phenolic OH excluding ortho intramolecular Hbond substituents is 1. The van der Waals surface area contributed by atoms with Gasteiger partial charge in [0.05, 0.1) is 24.3 Å². The molecule has 1 heterocycles. The minimum absolute atomic E-state index is 0.00647. The zero-order valence-corrected chi connectivity index (χ0v) is 17.1. The third-order valence-electron chi connectivity index (χ3n) is 4.12. The molecule has 0 aromatic heterocycles. The smallest absolute Gasteiger partial charge is 0.344 e. The van der Waals surface area contributed by atoms with E-state index in [0.29, 0.717) is 26.9 Å². The van der Waals surface area contributed by atoms with Crippen LogP contribution < -0.4 is 4.74 Å². The van der Waals surface area contributed by atoms with Gasteiger partial charge in [-0.05, 0) is 55.8 Å². The number of rotatable bonds is 5. The lowest BCUT2D eigenvalue weighted by Gasteiger charge is -2.04. The van der Waals surface area contributed by atoms with Crippen LogP contribution in [0.25, 0.3) is 6.08 Å². The van der Waals surface area contributed by atoms with Gasteiger partial charge in [0.1, 0.15) is 27.9 Å². The highest BCUT2D eigenvalue weighted by atomic mass is 32.2. The number of aliphatic hydroxyl groups is 1. The molecule has 29 heavy (non-hydrogen) atoms. The van der Waals surface area contributed by atoms with Crippen LogP contribution in [-0.4, -0.2) is 34.9 Å². The highest BCUT2D eigenvalue weighted by Crippen LogP contribution is 2.41. The Morgan fingerprint density at radius 2 is 2.00 bits per heavy atom. The number of methoxy groups -OCH3 is 1. The molecular weight excluding hydrogens is 390 g/mol. The highest BCUT2D eigenvalue weighted by Gasteiger charge is 2.33. The molecule has 0 atom stereocenters. The van der Waals surface area contributed by atoms with Crippen molar-refractivity contribution >= 4 is 34.5 Å². The first kappa shape index (κ1) is 20.5. The molecule has 2 aromatic rings. The number of aliphatic imine (C=N–C) groups is 1. The number of carbonyl (C=O) groups is 1. The zero-order valence-electron chi connectivity index (χ0n) is 16.3. The summed E-state index contributed by atoms with van der Waals surface area (Å²) in [6.45, 7) is 3.82. The van der Waals surface area contributed by atoms with E-state index in [2.05, 4.69) is 4.99 Å². The van der Waals surface area contributed by atoms with Crippen molar-refractivity contribution in [1.29, 1.82) is 0 Å². The number of hydrogen-bond acceptors (Lipinski definition) is 7. The average molecular weight is 411 g/mol. The normalized spacial score (nSPS) is 16.5. The number of nitrogens with zero attached hydrogens (tertiary/aromatic N) is 1. The lowest BCUT2D eigenvalue weighted by Crippen LogP contribution is -2.12. The Kier molecular flexibility index (Phi) is 6.29. The molecule has 6 nitrogen and oxygen atoms in total. The largest absolute Gasteiger partial charge is 0.507 e. The van der Waals surface area contributed by atoms with Gasteiger partial charge in [-0.15, -0.1) is 0 Å². The number of aliphatic hydroxyl groups excluding tert-OH is 1. The third-order valence-corrected chi connectivity index (χ3v) is 5.14. The first-order chi connectivity index (χ1) is 13.9. The van der Waals surface area contributed by atoms with Gasteiger partial charge in [-0.25, -0.2) is 9.79 Å². The van der Waals surface area contributed by atoms with Gasteiger partial charge in [0.2, 0.25) is 0 Å². The quantitative estimate of drug-likeness (QED) is 0.680. The highest BCUT2D eigenvalue weighted by molar-refractivity contribution is 8.18. The van der Waals surface area contributed by atoms with E-state index in [9.17, 15) is 15.0 Å². The van der Waals surface area contributed by atoms with Crippen LogP contribution in [0.3, 0.4) is 0 Å². The van der Waals surface area contributed by atoms with Crippen molar-refractivity contribution in [2.24, 2.45) is 4.99 Å². The van der Waals surface area contributed by atoms with Crippen molar-refractivity contribution in [3.63, 3.8) is 0 Å². The molecule has 7 heteroatoms. The van der Waals surface area contributed by atoms with Crippen LogP contribution in [0.2, 0.25) is 0 Å². The summed E-state index contributed by atoms with van der Waals surface area (Å²) in [4.78, 5) is 17.4. The van der Waals surface area contributed by atoms with Crippen molar-refractivity contribution in [2.45, 2.75) is 13.8 Å². The number of phenols is 1. The van der Waals surface area contributed by atoms with Crippen LogP contribution in [0, 0.1) is 6.92 Å². The molecule has 0 saturated carbocycles. The Labute approximate surface area is 173 Å². The Balaban J connectivity index is 2.08. The molecule has 2 aromatic carbocycles. The van der Waals surface area contributed by atoms with Crippen molar-refractivity contribution in [2.75, 3.05) is 13.7 Å². The summed E-state index contributed by atoms with van der Waals surface area (Å²) in [5, 5.41) is 21.2. The van der Waals surface area contributed by atoms with Gasteiger partial charge in [0, 0.05) is 5.56 Å². The molecule has 0 radical (unpaired) electrons. The van der Waals surface area contributed by atoms with Crippen LogP contribution >= 0.6 is 11.8 Å². The summed E-state index contributed by atoms with van der Waals surface area (Å²) >= 11 is 1.13. The Morgan fingerprint density at radius 3 is 2.69 bits per heavy atom. The molecule has 0 aliphatic carbocycles. The summed E-state index contributed by atoms with van der Waals surface area (Å²) in [6, 6.07) is 12.3. The van der Waals surface area contributed by atoms with Gasteiger partial charge in [-0.1, -0.05) is 23.9 Å². The molecule has 150 valence electrons. The standard InChI is InChI=1S/C22H21NO5S/c1-4-28-22(26)19-20(25)18(12-14-11-16(27-3)8-9-17(14)24)29-21(19)23-15-7-5-6-13(2)10-15/h5-12,24-25H,4H2,1-3H3/b18-12+,23-21?. The van der Waals surface area contributed by atoms with E-state index in [4.69, 9.17) is 9.47 Å². The summed E-state index contributed by atoms with van der Waals surface area (Å²) in [5.74, 6) is -0.307. The number of hydrogen-bond donors (Lipinski definition) is 2. The first-order valence-corrected chi connectivity index (χ1v) is 9.77. The maximum absolute atomic E-state index is 12.5. The van der Waals surface area contributed by atoms with Gasteiger partial charge in [0.25, 0.3) is 0 Å². The summed E-state index contributed by atoms with van der Waals surface area (Å²) < 4.78 is 10.3. The summed E-state index contributed by atoms with van der Waals surface area (Å²) in [5.41, 5.74) is 2.13. The van der Waals surface area contributed by atoms with Crippen molar-refractivity contribution in [1.82, 2.24) is 0 Å². The second-order valence-corrected chi connectivity index (χ2v) is 7.27. The molecule has 0 unspecified atom stereocenters. The molecule has 0 bridgehead atoms. The summed E-state index contributed by atoms with van der Waals surface area (Å²) in [6.07, 6.45) is 1.58. The molecule has 0 amide bonds. The van der Waals surface area contributed by atoms with E-state index in [0.717, 1.165) is 17.3 Å². The number of aromatic hydroxyl groups is 1. The number of esters is 1. The topological polar surface area (TPSA) is 88.4 Å². The molecule has 0 fully saturated rings. The number of carbonyl (C=O) groups excluding carboxylic acids is 1. The van der Waals surface area contributed by atoms with Crippen molar-refractivity contribution < 1.29 is 24.5 Å². The van der Waals surface area contributed by atoms with Gasteiger partial charge in [0.15, 0.2) is 0 Å². The molecular formula is C22H21NO5S. The van der Waals surface area contributed by atoms with Gasteiger partial charge in [-0.2, -0.15) is 0 Å². The van der Waals surface area contributed by atoms with E-state index < -0.39 is 5.97 Å². The molecule has 1 aliphatic rings. The second kappa shape index (κ2) is 8.87. The van der Waals surface area contributed by atoms with E-state index >= 15 is 0 Å². The predicted molar refractivity (Wildman–Crippen MR) is 115 cm³/mol. The van der Waals surface area contributed by atoms with Crippen LogP contribution in [0.15, 0.2) is 63.7 Å². The third kappa shape index (κ3) is 4.63. The molecule has 0 spiro atoms. The number of ether oxygens (including phenoxy) is 2. The SMILES string of the molecule is CCOC(=O)C1=C(O)/C(=C\c2cc(OC)ccc2O)SC1=Nc1cccc(C)c1. The fraction of sp³-hybridized carbons (Fsp3) is 0.182. The van der Waals surface area contributed by atoms with E-state index in [1.54, 1.807) is 25.1 Å². The van der Waals surface area contributed by atoms with Crippen molar-refractivity contribution in [3.05, 3.63) is 69.8 Å².